The number of hydrogen-bond acceptors (Lipinski definition) is 7. The maximum absolute atomic E-state index is 14.0. The second-order valence-electron chi connectivity index (χ2n) is 10.3. The topological polar surface area (TPSA) is 79.1 Å². The minimum absolute atomic E-state index is 0.225. The SMILES string of the molecule is CCOC(=O)C1=C(C)N=c2s/c(=C/c3cc(Br)c(OCc4cccc(C)c4)c(OCC)c3)c(=O)n2[C@H]1c1ccc(C)cc1. The van der Waals surface area contributed by atoms with Gasteiger partial charge in [-0.05, 0) is 85.4 Å². The summed E-state index contributed by atoms with van der Waals surface area (Å²) in [6.07, 6.45) is 1.82. The number of rotatable bonds is 9. The first-order valence-corrected chi connectivity index (χ1v) is 15.7. The standard InChI is InChI=1S/C34H33BrN2O5S/c1-6-40-27-17-24(16-26(35)31(27)42-19-23-10-8-9-21(4)15-23)18-28-32(38)37-30(25-13-11-20(3)12-14-25)29(33(39)41-7-2)22(5)36-34(37)43-28/h8-18,30H,6-7,19H2,1-5H3/b28-18+/t30-/m0/s1. The molecule has 5 rings (SSSR count). The van der Waals surface area contributed by atoms with Gasteiger partial charge >= 0.3 is 5.97 Å². The lowest BCUT2D eigenvalue weighted by atomic mass is 9.95. The highest BCUT2D eigenvalue weighted by Gasteiger charge is 2.33. The second kappa shape index (κ2) is 13.1. The first-order valence-electron chi connectivity index (χ1n) is 14.1. The van der Waals surface area contributed by atoms with E-state index in [2.05, 4.69) is 27.0 Å². The Balaban J connectivity index is 1.58. The Morgan fingerprint density at radius 2 is 1.77 bits per heavy atom. The van der Waals surface area contributed by atoms with Crippen molar-refractivity contribution in [3.05, 3.63) is 124 Å². The fraction of sp³-hybridized carbons (Fsp3) is 0.265. The lowest BCUT2D eigenvalue weighted by Gasteiger charge is -2.24. The predicted molar refractivity (Wildman–Crippen MR) is 172 cm³/mol. The van der Waals surface area contributed by atoms with E-state index in [1.807, 2.05) is 81.4 Å². The van der Waals surface area contributed by atoms with Crippen LogP contribution in [0, 0.1) is 13.8 Å². The van der Waals surface area contributed by atoms with Crippen LogP contribution in [0.5, 0.6) is 11.5 Å². The van der Waals surface area contributed by atoms with Crippen LogP contribution < -0.4 is 24.4 Å². The van der Waals surface area contributed by atoms with E-state index in [-0.39, 0.29) is 12.2 Å². The number of thiazole rings is 1. The second-order valence-corrected chi connectivity index (χ2v) is 12.1. The van der Waals surface area contributed by atoms with Crippen LogP contribution in [0.3, 0.4) is 0 Å². The molecule has 7 nitrogen and oxygen atoms in total. The van der Waals surface area contributed by atoms with Crippen LogP contribution in [-0.4, -0.2) is 23.8 Å². The summed E-state index contributed by atoms with van der Waals surface area (Å²) in [6.45, 7) is 10.6. The minimum Gasteiger partial charge on any atom is -0.490 e. The molecule has 0 bridgehead atoms. The monoisotopic (exact) mass is 660 g/mol. The lowest BCUT2D eigenvalue weighted by molar-refractivity contribution is -0.139. The molecule has 43 heavy (non-hydrogen) atoms. The van der Waals surface area contributed by atoms with Crippen LogP contribution in [0.25, 0.3) is 6.08 Å². The van der Waals surface area contributed by atoms with Crippen molar-refractivity contribution < 1.29 is 19.0 Å². The van der Waals surface area contributed by atoms with Gasteiger partial charge in [0.25, 0.3) is 5.56 Å². The van der Waals surface area contributed by atoms with Crippen LogP contribution in [0.15, 0.2) is 86.2 Å². The summed E-state index contributed by atoms with van der Waals surface area (Å²) in [6, 6.07) is 19.1. The molecule has 0 unspecified atom stereocenters. The molecule has 222 valence electrons. The number of fused-ring (bicyclic) bond motifs is 1. The molecule has 4 aromatic rings. The fourth-order valence-electron chi connectivity index (χ4n) is 5.04. The molecule has 9 heteroatoms. The van der Waals surface area contributed by atoms with Crippen molar-refractivity contribution in [3.63, 3.8) is 0 Å². The minimum atomic E-state index is -0.652. The number of carbonyl (C=O) groups excluding carboxylic acids is 1. The molecule has 0 radical (unpaired) electrons. The van der Waals surface area contributed by atoms with E-state index < -0.39 is 12.0 Å². The van der Waals surface area contributed by atoms with Gasteiger partial charge in [-0.25, -0.2) is 9.79 Å². The number of aryl methyl sites for hydroxylation is 2. The first kappa shape index (κ1) is 30.5. The predicted octanol–water partition coefficient (Wildman–Crippen LogP) is 6.16. The van der Waals surface area contributed by atoms with Crippen molar-refractivity contribution in [2.24, 2.45) is 4.99 Å². The van der Waals surface area contributed by atoms with E-state index in [1.165, 1.54) is 11.3 Å². The Morgan fingerprint density at radius 1 is 1.00 bits per heavy atom. The van der Waals surface area contributed by atoms with E-state index in [4.69, 9.17) is 14.2 Å². The summed E-state index contributed by atoms with van der Waals surface area (Å²) in [7, 11) is 0. The Morgan fingerprint density at radius 3 is 2.47 bits per heavy atom. The number of esters is 1. The van der Waals surface area contributed by atoms with Crippen molar-refractivity contribution in [2.45, 2.75) is 47.3 Å². The number of hydrogen-bond donors (Lipinski definition) is 0. The molecule has 0 saturated carbocycles. The van der Waals surface area contributed by atoms with E-state index in [9.17, 15) is 9.59 Å². The molecule has 1 aliphatic heterocycles. The van der Waals surface area contributed by atoms with Crippen LogP contribution in [0.2, 0.25) is 0 Å². The van der Waals surface area contributed by atoms with Crippen molar-refractivity contribution in [1.29, 1.82) is 0 Å². The Hall–Kier alpha value is -3.95. The number of benzene rings is 3. The summed E-state index contributed by atoms with van der Waals surface area (Å²) in [4.78, 5) is 32.3. The van der Waals surface area contributed by atoms with Gasteiger partial charge in [-0.15, -0.1) is 0 Å². The molecule has 1 aromatic heterocycles. The Kier molecular flexibility index (Phi) is 9.32. The zero-order valence-corrected chi connectivity index (χ0v) is 27.2. The summed E-state index contributed by atoms with van der Waals surface area (Å²) < 4.78 is 20.3. The highest BCUT2D eigenvalue weighted by molar-refractivity contribution is 9.10. The molecular formula is C34H33BrN2O5S. The molecule has 0 spiro atoms. The molecular weight excluding hydrogens is 628 g/mol. The third-order valence-electron chi connectivity index (χ3n) is 7.01. The number of aromatic nitrogens is 1. The van der Waals surface area contributed by atoms with Crippen LogP contribution in [0.1, 0.15) is 54.6 Å². The quantitative estimate of drug-likeness (QED) is 0.201. The molecule has 1 aliphatic rings. The number of allylic oxidation sites excluding steroid dienone is 1. The largest absolute Gasteiger partial charge is 0.490 e. The average molecular weight is 662 g/mol. The van der Waals surface area contributed by atoms with Gasteiger partial charge in [0.1, 0.15) is 6.61 Å². The van der Waals surface area contributed by atoms with Gasteiger partial charge in [0.2, 0.25) is 0 Å². The van der Waals surface area contributed by atoms with Gasteiger partial charge in [0.15, 0.2) is 16.3 Å². The number of ether oxygens (including phenoxy) is 3. The maximum Gasteiger partial charge on any atom is 0.338 e. The van der Waals surface area contributed by atoms with Gasteiger partial charge in [0.05, 0.1) is 39.5 Å². The third-order valence-corrected chi connectivity index (χ3v) is 8.58. The summed E-state index contributed by atoms with van der Waals surface area (Å²) in [5.41, 5.74) is 5.53. The van der Waals surface area contributed by atoms with Gasteiger partial charge < -0.3 is 14.2 Å². The van der Waals surface area contributed by atoms with E-state index >= 15 is 0 Å². The molecule has 1 atom stereocenters. The Bertz CT molecular complexity index is 1890. The summed E-state index contributed by atoms with van der Waals surface area (Å²) in [5.74, 6) is 0.688. The molecule has 0 saturated heterocycles. The molecule has 3 aromatic carbocycles. The summed E-state index contributed by atoms with van der Waals surface area (Å²) in [5, 5.41) is 0. The highest BCUT2D eigenvalue weighted by Crippen LogP contribution is 2.38. The van der Waals surface area contributed by atoms with E-state index in [0.717, 1.165) is 27.8 Å². The number of halogens is 1. The van der Waals surface area contributed by atoms with Crippen molar-refractivity contribution in [1.82, 2.24) is 4.57 Å². The maximum atomic E-state index is 14.0. The normalized spacial score (nSPS) is 14.7. The molecule has 0 amide bonds. The van der Waals surface area contributed by atoms with Crippen molar-refractivity contribution >= 4 is 39.3 Å². The van der Waals surface area contributed by atoms with Gasteiger partial charge in [-0.2, -0.15) is 0 Å². The first-order chi connectivity index (χ1) is 20.7. The Labute approximate surface area is 262 Å². The van der Waals surface area contributed by atoms with Crippen LogP contribution in [0.4, 0.5) is 0 Å². The fourth-order valence-corrected chi connectivity index (χ4v) is 6.66. The zero-order chi connectivity index (χ0) is 30.7. The van der Waals surface area contributed by atoms with E-state index in [1.54, 1.807) is 18.4 Å². The smallest absolute Gasteiger partial charge is 0.338 e. The van der Waals surface area contributed by atoms with E-state index in [0.29, 0.717) is 49.8 Å². The van der Waals surface area contributed by atoms with Gasteiger partial charge in [-0.1, -0.05) is 71.0 Å². The summed E-state index contributed by atoms with van der Waals surface area (Å²) >= 11 is 4.94. The molecule has 2 heterocycles. The highest BCUT2D eigenvalue weighted by atomic mass is 79.9. The van der Waals surface area contributed by atoms with Gasteiger partial charge in [-0.3, -0.25) is 9.36 Å². The average Bonchev–Trinajstić information content (AvgIpc) is 3.26. The van der Waals surface area contributed by atoms with Crippen LogP contribution >= 0.6 is 27.3 Å². The number of carbonyl (C=O) groups is 1. The number of nitrogens with zero attached hydrogens (tertiary/aromatic N) is 2. The third kappa shape index (κ3) is 6.53. The zero-order valence-electron chi connectivity index (χ0n) is 24.8. The van der Waals surface area contributed by atoms with Crippen LogP contribution in [-0.2, 0) is 16.1 Å². The molecule has 0 aliphatic carbocycles. The lowest BCUT2D eigenvalue weighted by Crippen LogP contribution is -2.39. The molecule has 0 N–H and O–H groups in total. The van der Waals surface area contributed by atoms with Crippen molar-refractivity contribution in [3.8, 4) is 11.5 Å². The van der Waals surface area contributed by atoms with Gasteiger partial charge in [0, 0.05) is 0 Å². The van der Waals surface area contributed by atoms with Crippen molar-refractivity contribution in [2.75, 3.05) is 13.2 Å². The molecule has 0 fully saturated rings.